The lowest BCUT2D eigenvalue weighted by molar-refractivity contribution is 0.117. The highest BCUT2D eigenvalue weighted by atomic mass is 16.5. The van der Waals surface area contributed by atoms with Crippen LogP contribution in [0.2, 0.25) is 0 Å². The van der Waals surface area contributed by atoms with Crippen LogP contribution < -0.4 is 9.47 Å². The molecule has 164 valence electrons. The molecule has 0 aliphatic heterocycles. The van der Waals surface area contributed by atoms with Crippen LogP contribution >= 0.6 is 0 Å². The number of hydrogen-bond acceptors (Lipinski definition) is 5. The third-order valence-corrected chi connectivity index (χ3v) is 5.55. The highest BCUT2D eigenvalue weighted by Gasteiger charge is 2.32. The second kappa shape index (κ2) is 9.54. The minimum absolute atomic E-state index is 0.381. The molecule has 3 aromatic rings. The first kappa shape index (κ1) is 21.4. The van der Waals surface area contributed by atoms with Gasteiger partial charge >= 0.3 is 0 Å². The van der Waals surface area contributed by atoms with E-state index in [9.17, 15) is 5.11 Å². The fourth-order valence-electron chi connectivity index (χ4n) is 3.90. The zero-order chi connectivity index (χ0) is 21.8. The van der Waals surface area contributed by atoms with Crippen molar-refractivity contribution in [3.63, 3.8) is 0 Å². The Kier molecular flexibility index (Phi) is 6.59. The maximum atomic E-state index is 10.0. The van der Waals surface area contributed by atoms with Gasteiger partial charge in [0.1, 0.15) is 0 Å². The molecule has 2 aromatic carbocycles. The second-order valence-corrected chi connectivity index (χ2v) is 8.09. The second-order valence-electron chi connectivity index (χ2n) is 8.09. The molecule has 1 aliphatic rings. The number of aliphatic hydroxyl groups excluding tert-OH is 1. The van der Waals surface area contributed by atoms with Gasteiger partial charge in [-0.2, -0.15) is 5.10 Å². The van der Waals surface area contributed by atoms with Gasteiger partial charge in [0, 0.05) is 19.1 Å². The number of aliphatic hydroxyl groups is 1. The van der Waals surface area contributed by atoms with E-state index in [0.717, 1.165) is 23.4 Å². The van der Waals surface area contributed by atoms with Gasteiger partial charge in [0.2, 0.25) is 5.88 Å². The van der Waals surface area contributed by atoms with Crippen LogP contribution in [0.25, 0.3) is 5.69 Å². The number of ether oxygens (including phenoxy) is 2. The monoisotopic (exact) mass is 421 g/mol. The molecular weight excluding hydrogens is 390 g/mol. The average molecular weight is 422 g/mol. The zero-order valence-corrected chi connectivity index (χ0v) is 18.5. The normalized spacial score (nSPS) is 14.6. The number of aryl methyl sites for hydroxylation is 1. The van der Waals surface area contributed by atoms with E-state index in [1.165, 1.54) is 12.8 Å². The summed E-state index contributed by atoms with van der Waals surface area (Å²) in [6.45, 7) is 5.29. The van der Waals surface area contributed by atoms with Crippen molar-refractivity contribution in [1.82, 2.24) is 14.7 Å². The van der Waals surface area contributed by atoms with Crippen molar-refractivity contribution < 1.29 is 14.6 Å². The summed E-state index contributed by atoms with van der Waals surface area (Å²) in [5, 5.41) is 15.0. The lowest BCUT2D eigenvalue weighted by Crippen LogP contribution is -2.32. The number of nitrogens with zero attached hydrogens (tertiary/aromatic N) is 3. The van der Waals surface area contributed by atoms with Crippen molar-refractivity contribution in [2.75, 3.05) is 13.7 Å². The number of rotatable bonds is 10. The van der Waals surface area contributed by atoms with Crippen molar-refractivity contribution in [3.05, 3.63) is 65.9 Å². The molecule has 1 aromatic heterocycles. The van der Waals surface area contributed by atoms with Crippen LogP contribution in [0.15, 0.2) is 54.6 Å². The fraction of sp³-hybridized carbons (Fsp3) is 0.400. The Labute approximate surface area is 184 Å². The molecule has 1 N–H and O–H groups in total. The van der Waals surface area contributed by atoms with E-state index in [-0.39, 0.29) is 6.10 Å². The van der Waals surface area contributed by atoms with Gasteiger partial charge in [0.15, 0.2) is 11.5 Å². The summed E-state index contributed by atoms with van der Waals surface area (Å²) < 4.78 is 13.9. The molecular formula is C25H31N3O3. The van der Waals surface area contributed by atoms with Crippen LogP contribution in [-0.2, 0) is 13.0 Å². The fourth-order valence-corrected chi connectivity index (χ4v) is 3.90. The maximum absolute atomic E-state index is 10.0. The number of para-hydroxylation sites is 3. The first-order valence-corrected chi connectivity index (χ1v) is 11.0. The molecule has 6 nitrogen and oxygen atoms in total. The minimum Gasteiger partial charge on any atom is -0.493 e. The topological polar surface area (TPSA) is 59.8 Å². The smallest absolute Gasteiger partial charge is 0.227 e. The van der Waals surface area contributed by atoms with Gasteiger partial charge < -0.3 is 14.6 Å². The molecule has 4 rings (SSSR count). The molecule has 0 spiro atoms. The first-order chi connectivity index (χ1) is 15.1. The molecule has 1 saturated carbocycles. The molecule has 1 atom stereocenters. The summed E-state index contributed by atoms with van der Waals surface area (Å²) in [6.07, 6.45) is 2.76. The van der Waals surface area contributed by atoms with Gasteiger partial charge in [0.05, 0.1) is 30.2 Å². The van der Waals surface area contributed by atoms with Crippen LogP contribution in [0.1, 0.15) is 37.9 Å². The standard InChI is InChI=1S/C25H31N3O3/c1-4-22-21(17-27(16-18(2)29)19-14-15-19)25(28(26-22)20-10-6-5-7-11-20)31-24-13-9-8-12-23(24)30-3/h5-13,18-19,29H,4,14-17H2,1-3H3. The first-order valence-electron chi connectivity index (χ1n) is 11.0. The van der Waals surface area contributed by atoms with Crippen molar-refractivity contribution in [2.24, 2.45) is 0 Å². The van der Waals surface area contributed by atoms with Crippen molar-refractivity contribution in [3.8, 4) is 23.1 Å². The maximum Gasteiger partial charge on any atom is 0.227 e. The highest BCUT2D eigenvalue weighted by Crippen LogP contribution is 2.38. The molecule has 1 aliphatic carbocycles. The third-order valence-electron chi connectivity index (χ3n) is 5.55. The number of hydrogen-bond donors (Lipinski definition) is 1. The predicted octanol–water partition coefficient (Wildman–Crippen LogP) is 4.58. The van der Waals surface area contributed by atoms with E-state index in [2.05, 4.69) is 11.8 Å². The van der Waals surface area contributed by atoms with Crippen LogP contribution in [0, 0.1) is 0 Å². The van der Waals surface area contributed by atoms with Gasteiger partial charge in [-0.25, -0.2) is 4.68 Å². The minimum atomic E-state index is -0.381. The Bertz CT molecular complexity index is 997. The number of benzene rings is 2. The zero-order valence-electron chi connectivity index (χ0n) is 18.5. The van der Waals surface area contributed by atoms with E-state index in [1.807, 2.05) is 66.2 Å². The largest absolute Gasteiger partial charge is 0.493 e. The Hall–Kier alpha value is -2.83. The predicted molar refractivity (Wildman–Crippen MR) is 121 cm³/mol. The molecule has 0 bridgehead atoms. The van der Waals surface area contributed by atoms with Crippen LogP contribution in [-0.4, -0.2) is 45.6 Å². The summed E-state index contributed by atoms with van der Waals surface area (Å²) in [5.41, 5.74) is 3.01. The third kappa shape index (κ3) is 4.92. The van der Waals surface area contributed by atoms with Crippen LogP contribution in [0.5, 0.6) is 17.4 Å². The SMILES string of the molecule is CCc1nn(-c2ccccc2)c(Oc2ccccc2OC)c1CN(CC(C)O)C1CC1. The van der Waals surface area contributed by atoms with Gasteiger partial charge in [-0.3, -0.25) is 4.90 Å². The van der Waals surface area contributed by atoms with E-state index >= 15 is 0 Å². The summed E-state index contributed by atoms with van der Waals surface area (Å²) in [6, 6.07) is 18.2. The molecule has 0 saturated heterocycles. The Morgan fingerprint density at radius 3 is 2.39 bits per heavy atom. The molecule has 1 unspecified atom stereocenters. The number of methoxy groups -OCH3 is 1. The molecule has 0 amide bonds. The summed E-state index contributed by atoms with van der Waals surface area (Å²) in [7, 11) is 1.65. The molecule has 31 heavy (non-hydrogen) atoms. The van der Waals surface area contributed by atoms with Gasteiger partial charge in [0.25, 0.3) is 0 Å². The highest BCUT2D eigenvalue weighted by molar-refractivity contribution is 5.47. The Morgan fingerprint density at radius 1 is 1.10 bits per heavy atom. The van der Waals surface area contributed by atoms with Crippen molar-refractivity contribution >= 4 is 0 Å². The summed E-state index contributed by atoms with van der Waals surface area (Å²) >= 11 is 0. The van der Waals surface area contributed by atoms with E-state index in [4.69, 9.17) is 14.6 Å². The molecule has 0 radical (unpaired) electrons. The molecule has 6 heteroatoms. The lowest BCUT2D eigenvalue weighted by Gasteiger charge is -2.24. The van der Waals surface area contributed by atoms with Crippen LogP contribution in [0.4, 0.5) is 0 Å². The van der Waals surface area contributed by atoms with Crippen LogP contribution in [0.3, 0.4) is 0 Å². The van der Waals surface area contributed by atoms with Gasteiger partial charge in [-0.15, -0.1) is 0 Å². The van der Waals surface area contributed by atoms with Crippen molar-refractivity contribution in [1.29, 1.82) is 0 Å². The molecule has 1 heterocycles. The Morgan fingerprint density at radius 2 is 1.77 bits per heavy atom. The quantitative estimate of drug-likeness (QED) is 0.519. The number of aromatic nitrogens is 2. The molecule has 1 fully saturated rings. The summed E-state index contributed by atoms with van der Waals surface area (Å²) in [4.78, 5) is 2.35. The van der Waals surface area contributed by atoms with Gasteiger partial charge in [-0.05, 0) is 50.5 Å². The van der Waals surface area contributed by atoms with E-state index < -0.39 is 0 Å². The Balaban J connectivity index is 1.79. The van der Waals surface area contributed by atoms with E-state index in [1.54, 1.807) is 7.11 Å². The van der Waals surface area contributed by atoms with Crippen molar-refractivity contribution in [2.45, 2.75) is 51.8 Å². The summed E-state index contributed by atoms with van der Waals surface area (Å²) in [5.74, 6) is 2.03. The lowest BCUT2D eigenvalue weighted by atomic mass is 10.1. The van der Waals surface area contributed by atoms with E-state index in [0.29, 0.717) is 36.5 Å². The average Bonchev–Trinajstić information content (AvgIpc) is 3.58. The van der Waals surface area contributed by atoms with Gasteiger partial charge in [-0.1, -0.05) is 37.3 Å².